The number of carbonyl (C=O) groups is 1. The smallest absolute Gasteiger partial charge is 0.376 e. The van der Waals surface area contributed by atoms with Crippen LogP contribution in [0.2, 0.25) is 0 Å². The Morgan fingerprint density at radius 1 is 1.02 bits per heavy atom. The Labute approximate surface area is 248 Å². The van der Waals surface area contributed by atoms with Gasteiger partial charge in [0.15, 0.2) is 0 Å². The van der Waals surface area contributed by atoms with Crippen molar-refractivity contribution in [3.05, 3.63) is 77.2 Å². The van der Waals surface area contributed by atoms with E-state index >= 15 is 0 Å². The molecule has 1 spiro atoms. The predicted molar refractivity (Wildman–Crippen MR) is 139 cm³/mol. The maximum Gasteiger partial charge on any atom is 2.00 e. The molecule has 217 valence electrons. The average molecular weight is 644 g/mol. The number of benzene rings is 2. The third-order valence-electron chi connectivity index (χ3n) is 7.63. The molecule has 4 rings (SSSR count). The van der Waals surface area contributed by atoms with E-state index in [0.717, 1.165) is 45.3 Å². The first kappa shape index (κ1) is 34.0. The van der Waals surface area contributed by atoms with Crippen LogP contribution in [-0.2, 0) is 38.1 Å². The summed E-state index contributed by atoms with van der Waals surface area (Å²) in [7, 11) is 0. The first-order valence-electron chi connectivity index (χ1n) is 13.1. The summed E-state index contributed by atoms with van der Waals surface area (Å²) in [5.41, 5.74) is -0.346. The van der Waals surface area contributed by atoms with Gasteiger partial charge in [0, 0.05) is 44.0 Å². The summed E-state index contributed by atoms with van der Waals surface area (Å²) in [5.74, 6) is -0.314. The minimum absolute atomic E-state index is 0. The number of hydrogen-bond acceptors (Lipinski definition) is 3. The molecule has 1 amide bonds. The minimum atomic E-state index is -4.57. The number of likely N-dealkylation sites (tertiary alicyclic amines) is 2. The van der Waals surface area contributed by atoms with Gasteiger partial charge in [0.25, 0.3) is 0 Å². The minimum Gasteiger partial charge on any atom is -0.376 e. The number of halogens is 5. The normalized spacial score (nSPS) is 18.8. The van der Waals surface area contributed by atoms with Crippen molar-refractivity contribution in [1.82, 2.24) is 9.80 Å². The van der Waals surface area contributed by atoms with Crippen molar-refractivity contribution in [3.63, 3.8) is 0 Å². The molecule has 1 unspecified atom stereocenters. The largest absolute Gasteiger partial charge is 2.00 e. The van der Waals surface area contributed by atoms with E-state index in [1.54, 1.807) is 12.1 Å². The van der Waals surface area contributed by atoms with Crippen LogP contribution in [0, 0.1) is 29.4 Å². The average Bonchev–Trinajstić information content (AvgIpc) is 3.23. The summed E-state index contributed by atoms with van der Waals surface area (Å²) in [6.07, 6.45) is 0.384. The van der Waals surface area contributed by atoms with Crippen LogP contribution in [0.4, 0.5) is 22.0 Å². The Morgan fingerprint density at radius 3 is 2.12 bits per heavy atom. The van der Waals surface area contributed by atoms with Crippen molar-refractivity contribution in [2.24, 2.45) is 11.3 Å². The van der Waals surface area contributed by atoms with Gasteiger partial charge in [-0.05, 0) is 55.4 Å². The SMILES string of the molecule is CC(C)[CH-]C(=O)N1CCC2(CC1)CN(C(C)C)CC2c1ccc(F)cc1.O=[C-]c1cc(C(F)(F)F)ccc1F.[Nb+2]. The quantitative estimate of drug-likeness (QED) is 0.215. The summed E-state index contributed by atoms with van der Waals surface area (Å²) < 4.78 is 61.9. The first-order chi connectivity index (χ1) is 18.3. The number of amides is 1. The van der Waals surface area contributed by atoms with Crippen LogP contribution in [0.15, 0.2) is 42.5 Å². The molecule has 0 aromatic heterocycles. The Bertz CT molecular complexity index is 1130. The third-order valence-corrected chi connectivity index (χ3v) is 7.63. The molecule has 2 saturated heterocycles. The summed E-state index contributed by atoms with van der Waals surface area (Å²) in [6, 6.07) is 9.15. The summed E-state index contributed by atoms with van der Waals surface area (Å²) in [5, 5.41) is 0. The van der Waals surface area contributed by atoms with E-state index in [1.165, 1.54) is 5.56 Å². The van der Waals surface area contributed by atoms with Crippen molar-refractivity contribution in [2.75, 3.05) is 26.2 Å². The second-order valence-corrected chi connectivity index (χ2v) is 11.0. The predicted octanol–water partition coefficient (Wildman–Crippen LogP) is 6.40. The standard InChI is InChI=1S/C22H32FN2O.C8H3F4O.Nb/c1-16(2)13-21(26)24-11-9-22(10-12-24)15-25(17(3)4)14-20(22)18-5-7-19(23)8-6-18;9-7-2-1-6(8(10,11)12)3-5(7)4-13;/h5-8,13,16-17,20H,9-12,14-15H2,1-4H3;1-3H;/q2*-1;+2. The van der Waals surface area contributed by atoms with Gasteiger partial charge in [-0.2, -0.15) is 19.1 Å². The van der Waals surface area contributed by atoms with Crippen LogP contribution in [0.3, 0.4) is 0 Å². The van der Waals surface area contributed by atoms with Gasteiger partial charge < -0.3 is 20.9 Å². The van der Waals surface area contributed by atoms with Crippen LogP contribution in [0.25, 0.3) is 0 Å². The van der Waals surface area contributed by atoms with Gasteiger partial charge >= 0.3 is 28.6 Å². The zero-order chi connectivity index (χ0) is 29.0. The molecule has 0 bridgehead atoms. The molecule has 2 fully saturated rings. The molecule has 2 aromatic carbocycles. The molecule has 0 aliphatic carbocycles. The van der Waals surface area contributed by atoms with Crippen molar-refractivity contribution in [1.29, 1.82) is 0 Å². The molecule has 10 heteroatoms. The Hall–Kier alpha value is -2.20. The van der Waals surface area contributed by atoms with Gasteiger partial charge in [0.2, 0.25) is 0 Å². The fourth-order valence-corrected chi connectivity index (χ4v) is 5.40. The summed E-state index contributed by atoms with van der Waals surface area (Å²) >= 11 is 0. The van der Waals surface area contributed by atoms with Crippen LogP contribution < -0.4 is 0 Å². The second-order valence-electron chi connectivity index (χ2n) is 11.0. The fourth-order valence-electron chi connectivity index (χ4n) is 5.40. The number of rotatable bonds is 5. The fraction of sp³-hybridized carbons (Fsp3) is 0.500. The zero-order valence-electron chi connectivity index (χ0n) is 23.1. The zero-order valence-corrected chi connectivity index (χ0v) is 25.3. The first-order valence-corrected chi connectivity index (χ1v) is 13.1. The molecule has 2 heterocycles. The second kappa shape index (κ2) is 14.1. The van der Waals surface area contributed by atoms with Crippen LogP contribution in [0.5, 0.6) is 0 Å². The monoisotopic (exact) mass is 643 g/mol. The van der Waals surface area contributed by atoms with E-state index in [9.17, 15) is 31.5 Å². The maximum atomic E-state index is 13.4. The topological polar surface area (TPSA) is 40.6 Å². The molecule has 1 radical (unpaired) electrons. The van der Waals surface area contributed by atoms with Gasteiger partial charge in [0.1, 0.15) is 5.82 Å². The molecule has 1 atom stereocenters. The molecular weight excluding hydrogens is 608 g/mol. The summed E-state index contributed by atoms with van der Waals surface area (Å²) in [6.45, 7) is 12.3. The van der Waals surface area contributed by atoms with Gasteiger partial charge in [0.05, 0.1) is 12.2 Å². The third kappa shape index (κ3) is 8.41. The molecule has 40 heavy (non-hydrogen) atoms. The van der Waals surface area contributed by atoms with E-state index in [0.29, 0.717) is 30.2 Å². The van der Waals surface area contributed by atoms with Crippen molar-refractivity contribution < 1.29 is 53.9 Å². The molecule has 2 aliphatic rings. The van der Waals surface area contributed by atoms with E-state index in [-0.39, 0.29) is 45.4 Å². The number of alkyl halides is 3. The Balaban J connectivity index is 0.000000339. The van der Waals surface area contributed by atoms with Crippen LogP contribution in [-0.4, -0.2) is 54.2 Å². The molecular formula is C30H35F5N2NbO2. The van der Waals surface area contributed by atoms with Crippen molar-refractivity contribution >= 4 is 12.2 Å². The number of nitrogens with zero attached hydrogens (tertiary/aromatic N) is 2. The number of carbonyl (C=O) groups excluding carboxylic acids is 2. The number of hydrogen-bond donors (Lipinski definition) is 0. The summed E-state index contributed by atoms with van der Waals surface area (Å²) in [4.78, 5) is 26.9. The Kier molecular flexibility index (Phi) is 12.0. The molecule has 2 aliphatic heterocycles. The van der Waals surface area contributed by atoms with Gasteiger partial charge in [-0.1, -0.05) is 38.1 Å². The molecule has 0 N–H and O–H groups in total. The maximum absolute atomic E-state index is 13.4. The van der Waals surface area contributed by atoms with E-state index in [2.05, 4.69) is 18.7 Å². The van der Waals surface area contributed by atoms with E-state index in [4.69, 9.17) is 0 Å². The molecule has 4 nitrogen and oxygen atoms in total. The van der Waals surface area contributed by atoms with Crippen LogP contribution in [0.1, 0.15) is 63.1 Å². The Morgan fingerprint density at radius 2 is 1.62 bits per heavy atom. The molecule has 2 aromatic rings. The van der Waals surface area contributed by atoms with E-state index in [1.807, 2.05) is 37.3 Å². The van der Waals surface area contributed by atoms with Crippen LogP contribution >= 0.6 is 0 Å². The van der Waals surface area contributed by atoms with Gasteiger partial charge in [-0.3, -0.25) is 9.29 Å². The molecule has 0 saturated carbocycles. The van der Waals surface area contributed by atoms with Crippen molar-refractivity contribution in [2.45, 2.75) is 58.7 Å². The van der Waals surface area contributed by atoms with Gasteiger partial charge in [-0.15, -0.1) is 11.6 Å². The van der Waals surface area contributed by atoms with Crippen molar-refractivity contribution in [3.8, 4) is 0 Å². The van der Waals surface area contributed by atoms with Gasteiger partial charge in [-0.25, -0.2) is 4.39 Å². The van der Waals surface area contributed by atoms with E-state index < -0.39 is 23.1 Å². The number of piperidine rings is 1.